The second kappa shape index (κ2) is 8.52. The smallest absolute Gasteiger partial charge is 0.490 e. The summed E-state index contributed by atoms with van der Waals surface area (Å²) in [6.45, 7) is 15.9. The molecule has 0 aliphatic carbocycles. The quantitative estimate of drug-likeness (QED) is 0.542. The lowest BCUT2D eigenvalue weighted by molar-refractivity contribution is -0.156. The summed E-state index contributed by atoms with van der Waals surface area (Å²) in [7, 11) is -0.361. The van der Waals surface area contributed by atoms with E-state index in [0.717, 1.165) is 37.1 Å². The maximum atomic E-state index is 12.0. The molecule has 0 amide bonds. The molecule has 1 aromatic carbocycles. The number of carbonyl (C=O) groups is 1. The Morgan fingerprint density at radius 1 is 1.07 bits per heavy atom. The summed E-state index contributed by atoms with van der Waals surface area (Å²) in [4.78, 5) is 14.1. The van der Waals surface area contributed by atoms with Gasteiger partial charge in [0.1, 0.15) is 17.5 Å². The standard InChI is InChI=1S/C23H36BNO5/c1-21(2,3)28-20(26)16-25-14-12-19(13-15-25)27-18-10-8-17(9-11-18)24-29-22(4,5)23(6,7)30-24/h8-11,19H,12-16H2,1-7H3. The summed E-state index contributed by atoms with van der Waals surface area (Å²) < 4.78 is 23.8. The number of nitrogens with zero attached hydrogens (tertiary/aromatic N) is 1. The predicted octanol–water partition coefficient (Wildman–Crippen LogP) is 3.17. The second-order valence-electron chi connectivity index (χ2n) is 10.3. The van der Waals surface area contributed by atoms with Crippen LogP contribution in [0.2, 0.25) is 0 Å². The van der Waals surface area contributed by atoms with Crippen LogP contribution in [0.5, 0.6) is 5.75 Å². The van der Waals surface area contributed by atoms with Gasteiger partial charge in [-0.15, -0.1) is 0 Å². The molecule has 1 aromatic rings. The number of piperidine rings is 1. The van der Waals surface area contributed by atoms with Crippen molar-refractivity contribution in [2.45, 2.75) is 84.2 Å². The van der Waals surface area contributed by atoms with Crippen molar-refractivity contribution in [1.29, 1.82) is 0 Å². The number of ether oxygens (including phenoxy) is 2. The SMILES string of the molecule is CC(C)(C)OC(=O)CN1CCC(Oc2ccc(B3OC(C)(C)C(C)(C)O3)cc2)CC1. The molecule has 2 aliphatic heterocycles. The maximum Gasteiger partial charge on any atom is 0.494 e. The molecule has 0 unspecified atom stereocenters. The fraction of sp³-hybridized carbons (Fsp3) is 0.696. The molecular formula is C23H36BNO5. The molecule has 2 fully saturated rings. The molecule has 0 aromatic heterocycles. The molecule has 2 heterocycles. The molecule has 2 aliphatic rings. The van der Waals surface area contributed by atoms with Crippen molar-refractivity contribution in [3.05, 3.63) is 24.3 Å². The number of rotatable bonds is 5. The van der Waals surface area contributed by atoms with Crippen LogP contribution < -0.4 is 10.2 Å². The summed E-state index contributed by atoms with van der Waals surface area (Å²) in [5.41, 5.74) is -0.140. The summed E-state index contributed by atoms with van der Waals surface area (Å²) >= 11 is 0. The summed E-state index contributed by atoms with van der Waals surface area (Å²) in [6, 6.07) is 7.98. The van der Waals surface area contributed by atoms with Crippen molar-refractivity contribution in [3.8, 4) is 5.75 Å². The van der Waals surface area contributed by atoms with Crippen LogP contribution >= 0.6 is 0 Å². The zero-order valence-corrected chi connectivity index (χ0v) is 19.5. The van der Waals surface area contributed by atoms with Crippen LogP contribution in [-0.4, -0.2) is 60.5 Å². The minimum absolute atomic E-state index is 0.155. The van der Waals surface area contributed by atoms with E-state index in [1.807, 2.05) is 45.0 Å². The maximum absolute atomic E-state index is 12.0. The van der Waals surface area contributed by atoms with Gasteiger partial charge in [-0.1, -0.05) is 12.1 Å². The van der Waals surface area contributed by atoms with Crippen LogP contribution in [0.3, 0.4) is 0 Å². The minimum Gasteiger partial charge on any atom is -0.490 e. The normalized spacial score (nSPS) is 22.2. The first-order valence-corrected chi connectivity index (χ1v) is 10.9. The van der Waals surface area contributed by atoms with Crippen molar-refractivity contribution in [3.63, 3.8) is 0 Å². The topological polar surface area (TPSA) is 57.2 Å². The van der Waals surface area contributed by atoms with Gasteiger partial charge in [-0.3, -0.25) is 9.69 Å². The monoisotopic (exact) mass is 417 g/mol. The van der Waals surface area contributed by atoms with Gasteiger partial charge >= 0.3 is 13.1 Å². The van der Waals surface area contributed by atoms with E-state index in [1.165, 1.54) is 0 Å². The summed E-state index contributed by atoms with van der Waals surface area (Å²) in [5.74, 6) is 0.682. The average molecular weight is 417 g/mol. The van der Waals surface area contributed by atoms with E-state index < -0.39 is 5.60 Å². The van der Waals surface area contributed by atoms with Crippen molar-refractivity contribution >= 4 is 18.6 Å². The molecule has 166 valence electrons. The Kier molecular flexibility index (Phi) is 6.56. The second-order valence-corrected chi connectivity index (χ2v) is 10.3. The van der Waals surface area contributed by atoms with Crippen LogP contribution in [0, 0.1) is 0 Å². The number of benzene rings is 1. The third-order valence-electron chi connectivity index (χ3n) is 6.02. The Morgan fingerprint density at radius 3 is 2.10 bits per heavy atom. The molecule has 7 heteroatoms. The highest BCUT2D eigenvalue weighted by Crippen LogP contribution is 2.36. The Bertz CT molecular complexity index is 717. The van der Waals surface area contributed by atoms with E-state index in [4.69, 9.17) is 18.8 Å². The molecule has 2 saturated heterocycles. The highest BCUT2D eigenvalue weighted by atomic mass is 16.7. The van der Waals surface area contributed by atoms with Gasteiger partial charge in [0.2, 0.25) is 0 Å². The number of esters is 1. The molecule has 0 saturated carbocycles. The fourth-order valence-corrected chi connectivity index (χ4v) is 3.62. The molecule has 0 spiro atoms. The van der Waals surface area contributed by atoms with Crippen LogP contribution in [-0.2, 0) is 18.8 Å². The van der Waals surface area contributed by atoms with Gasteiger partial charge in [-0.05, 0) is 78.9 Å². The number of carbonyl (C=O) groups excluding carboxylic acids is 1. The van der Waals surface area contributed by atoms with Gasteiger partial charge in [0, 0.05) is 13.1 Å². The minimum atomic E-state index is -0.440. The van der Waals surface area contributed by atoms with Gasteiger partial charge in [-0.2, -0.15) is 0 Å². The first kappa shape index (κ1) is 23.1. The predicted molar refractivity (Wildman–Crippen MR) is 118 cm³/mol. The molecule has 6 nitrogen and oxygen atoms in total. The third-order valence-corrected chi connectivity index (χ3v) is 6.02. The number of hydrogen-bond acceptors (Lipinski definition) is 6. The lowest BCUT2D eigenvalue weighted by Gasteiger charge is -2.32. The van der Waals surface area contributed by atoms with Crippen molar-refractivity contribution in [1.82, 2.24) is 4.90 Å². The Balaban J connectivity index is 1.47. The third kappa shape index (κ3) is 5.77. The van der Waals surface area contributed by atoms with Gasteiger partial charge in [0.15, 0.2) is 0 Å². The van der Waals surface area contributed by atoms with Crippen LogP contribution in [0.1, 0.15) is 61.3 Å². The number of likely N-dealkylation sites (tertiary alicyclic amines) is 1. The van der Waals surface area contributed by atoms with Gasteiger partial charge < -0.3 is 18.8 Å². The zero-order valence-electron chi connectivity index (χ0n) is 19.5. The number of hydrogen-bond donors (Lipinski definition) is 0. The Morgan fingerprint density at radius 2 is 1.60 bits per heavy atom. The highest BCUT2D eigenvalue weighted by molar-refractivity contribution is 6.62. The van der Waals surface area contributed by atoms with Crippen molar-refractivity contribution in [2.75, 3.05) is 19.6 Å². The molecule has 0 bridgehead atoms. The lowest BCUT2D eigenvalue weighted by Crippen LogP contribution is -2.42. The van der Waals surface area contributed by atoms with Gasteiger partial charge in [-0.25, -0.2) is 0 Å². The van der Waals surface area contributed by atoms with E-state index in [1.54, 1.807) is 0 Å². The molecule has 3 rings (SSSR count). The van der Waals surface area contributed by atoms with Crippen LogP contribution in [0.15, 0.2) is 24.3 Å². The summed E-state index contributed by atoms with van der Waals surface area (Å²) in [5, 5.41) is 0. The van der Waals surface area contributed by atoms with E-state index >= 15 is 0 Å². The first-order valence-electron chi connectivity index (χ1n) is 10.9. The Labute approximate surface area is 181 Å². The van der Waals surface area contributed by atoms with Gasteiger partial charge in [0.05, 0.1) is 17.7 Å². The molecule has 30 heavy (non-hydrogen) atoms. The van der Waals surface area contributed by atoms with Crippen molar-refractivity contribution < 1.29 is 23.6 Å². The van der Waals surface area contributed by atoms with E-state index in [-0.39, 0.29) is 30.4 Å². The molecule has 0 atom stereocenters. The van der Waals surface area contributed by atoms with E-state index in [2.05, 4.69) is 32.6 Å². The van der Waals surface area contributed by atoms with E-state index in [0.29, 0.717) is 6.54 Å². The lowest BCUT2D eigenvalue weighted by atomic mass is 9.79. The fourth-order valence-electron chi connectivity index (χ4n) is 3.62. The van der Waals surface area contributed by atoms with Crippen LogP contribution in [0.4, 0.5) is 0 Å². The molecule has 0 N–H and O–H groups in total. The first-order chi connectivity index (χ1) is 13.8. The summed E-state index contributed by atoms with van der Waals surface area (Å²) in [6.07, 6.45) is 1.94. The zero-order chi connectivity index (χ0) is 22.2. The van der Waals surface area contributed by atoms with E-state index in [9.17, 15) is 4.79 Å². The highest BCUT2D eigenvalue weighted by Gasteiger charge is 2.51. The Hall–Kier alpha value is -1.57. The van der Waals surface area contributed by atoms with Crippen LogP contribution in [0.25, 0.3) is 0 Å². The average Bonchev–Trinajstić information content (AvgIpc) is 2.83. The van der Waals surface area contributed by atoms with Gasteiger partial charge in [0.25, 0.3) is 0 Å². The molecular weight excluding hydrogens is 381 g/mol. The van der Waals surface area contributed by atoms with Crippen molar-refractivity contribution in [2.24, 2.45) is 0 Å². The largest absolute Gasteiger partial charge is 0.494 e. The molecule has 0 radical (unpaired) electrons.